The molecule has 0 spiro atoms. The smallest absolute Gasteiger partial charge is 0.157 e. The standard InChI is InChI=1S/C21H18ClN7/c1-12-18(26-27-21(12)16-6-4-15(10-23)5-7-16)8-17-9-19(25-11-24-17)29-14(3)20(22)13(2)28-29/h4-7,9,11H,8H2,1-3H3,(H,26,27). The van der Waals surface area contributed by atoms with Gasteiger partial charge in [-0.05, 0) is 38.5 Å². The summed E-state index contributed by atoms with van der Waals surface area (Å²) in [5.41, 5.74) is 6.92. The van der Waals surface area contributed by atoms with Crippen molar-refractivity contribution in [3.05, 3.63) is 75.6 Å². The maximum absolute atomic E-state index is 8.96. The van der Waals surface area contributed by atoms with Crippen molar-refractivity contribution in [3.8, 4) is 23.1 Å². The minimum atomic E-state index is 0.581. The molecular formula is C21H18ClN7. The normalized spacial score (nSPS) is 10.9. The molecule has 0 amide bonds. The van der Waals surface area contributed by atoms with Crippen LogP contribution in [-0.4, -0.2) is 29.9 Å². The van der Waals surface area contributed by atoms with Crippen molar-refractivity contribution < 1.29 is 0 Å². The average Bonchev–Trinajstić information content (AvgIpc) is 3.23. The average molecular weight is 404 g/mol. The lowest BCUT2D eigenvalue weighted by atomic mass is 10.0. The molecule has 0 bridgehead atoms. The molecule has 8 heteroatoms. The quantitative estimate of drug-likeness (QED) is 0.553. The predicted octanol–water partition coefficient (Wildman–Crippen LogP) is 4.09. The van der Waals surface area contributed by atoms with Crippen LogP contribution in [0.4, 0.5) is 0 Å². The van der Waals surface area contributed by atoms with E-state index < -0.39 is 0 Å². The molecule has 4 aromatic rings. The summed E-state index contributed by atoms with van der Waals surface area (Å²) in [6.45, 7) is 5.80. The van der Waals surface area contributed by atoms with Gasteiger partial charge in [-0.1, -0.05) is 23.7 Å². The van der Waals surface area contributed by atoms with Crippen LogP contribution in [0.5, 0.6) is 0 Å². The highest BCUT2D eigenvalue weighted by molar-refractivity contribution is 6.31. The number of H-pyrrole nitrogens is 1. The maximum atomic E-state index is 8.96. The van der Waals surface area contributed by atoms with Gasteiger partial charge < -0.3 is 0 Å². The zero-order valence-electron chi connectivity index (χ0n) is 16.2. The van der Waals surface area contributed by atoms with Crippen LogP contribution in [0.3, 0.4) is 0 Å². The van der Waals surface area contributed by atoms with Crippen molar-refractivity contribution in [2.75, 3.05) is 0 Å². The first-order valence-electron chi connectivity index (χ1n) is 9.05. The Morgan fingerprint density at radius 3 is 2.55 bits per heavy atom. The topological polar surface area (TPSA) is 96.1 Å². The Bertz CT molecular complexity index is 1230. The molecule has 29 heavy (non-hydrogen) atoms. The van der Waals surface area contributed by atoms with Crippen molar-refractivity contribution in [2.24, 2.45) is 0 Å². The van der Waals surface area contributed by atoms with Crippen LogP contribution < -0.4 is 0 Å². The van der Waals surface area contributed by atoms with Gasteiger partial charge in [-0.3, -0.25) is 5.10 Å². The lowest BCUT2D eigenvalue weighted by Crippen LogP contribution is -2.05. The molecule has 0 aliphatic carbocycles. The number of hydrogen-bond donors (Lipinski definition) is 1. The van der Waals surface area contributed by atoms with Crippen LogP contribution in [0.15, 0.2) is 36.7 Å². The van der Waals surface area contributed by atoms with Crippen LogP contribution in [-0.2, 0) is 6.42 Å². The van der Waals surface area contributed by atoms with Gasteiger partial charge in [-0.2, -0.15) is 15.5 Å². The lowest BCUT2D eigenvalue weighted by molar-refractivity contribution is 0.793. The van der Waals surface area contributed by atoms with E-state index in [1.165, 1.54) is 6.33 Å². The number of aromatic amines is 1. The second-order valence-electron chi connectivity index (χ2n) is 6.81. The maximum Gasteiger partial charge on any atom is 0.157 e. The molecule has 0 unspecified atom stereocenters. The summed E-state index contributed by atoms with van der Waals surface area (Å²) in [5, 5.41) is 21.6. The summed E-state index contributed by atoms with van der Waals surface area (Å²) >= 11 is 6.26. The summed E-state index contributed by atoms with van der Waals surface area (Å²) in [4.78, 5) is 8.73. The van der Waals surface area contributed by atoms with Gasteiger partial charge >= 0.3 is 0 Å². The minimum Gasteiger partial charge on any atom is -0.281 e. The first-order chi connectivity index (χ1) is 14.0. The summed E-state index contributed by atoms with van der Waals surface area (Å²) < 4.78 is 1.73. The van der Waals surface area contributed by atoms with E-state index in [0.717, 1.165) is 39.6 Å². The Kier molecular flexibility index (Phi) is 4.87. The number of aromatic nitrogens is 6. The first kappa shape index (κ1) is 18.8. The van der Waals surface area contributed by atoms with E-state index in [9.17, 15) is 0 Å². The van der Waals surface area contributed by atoms with Gasteiger partial charge in [0.2, 0.25) is 0 Å². The highest BCUT2D eigenvalue weighted by atomic mass is 35.5. The Morgan fingerprint density at radius 1 is 1.14 bits per heavy atom. The van der Waals surface area contributed by atoms with E-state index >= 15 is 0 Å². The molecule has 0 aliphatic heterocycles. The molecule has 7 nitrogen and oxygen atoms in total. The molecule has 3 heterocycles. The zero-order chi connectivity index (χ0) is 20.5. The molecule has 1 N–H and O–H groups in total. The number of halogens is 1. The van der Waals surface area contributed by atoms with Crippen LogP contribution >= 0.6 is 11.6 Å². The summed E-state index contributed by atoms with van der Waals surface area (Å²) in [6, 6.07) is 11.4. The molecule has 0 fully saturated rings. The Balaban J connectivity index is 1.63. The third-order valence-electron chi connectivity index (χ3n) is 4.89. The van der Waals surface area contributed by atoms with Gasteiger partial charge in [-0.25, -0.2) is 14.6 Å². The van der Waals surface area contributed by atoms with Crippen molar-refractivity contribution in [1.29, 1.82) is 5.26 Å². The van der Waals surface area contributed by atoms with Crippen LogP contribution in [0.1, 0.15) is 33.9 Å². The number of rotatable bonds is 4. The zero-order valence-corrected chi connectivity index (χ0v) is 17.0. The number of nitrogens with one attached hydrogen (secondary N) is 1. The largest absolute Gasteiger partial charge is 0.281 e. The summed E-state index contributed by atoms with van der Waals surface area (Å²) in [5.74, 6) is 0.673. The Hall–Kier alpha value is -3.50. The van der Waals surface area contributed by atoms with Gasteiger partial charge in [0, 0.05) is 23.7 Å². The van der Waals surface area contributed by atoms with Gasteiger partial charge in [0.15, 0.2) is 5.82 Å². The van der Waals surface area contributed by atoms with Crippen molar-refractivity contribution in [3.63, 3.8) is 0 Å². The molecule has 0 aliphatic rings. The molecule has 0 saturated heterocycles. The molecule has 1 aromatic carbocycles. The first-order valence-corrected chi connectivity index (χ1v) is 9.43. The number of aryl methyl sites for hydroxylation is 1. The minimum absolute atomic E-state index is 0.581. The molecule has 4 rings (SSSR count). The third-order valence-corrected chi connectivity index (χ3v) is 5.43. The molecule has 3 aromatic heterocycles. The Labute approximate surface area is 173 Å². The van der Waals surface area contributed by atoms with E-state index in [1.54, 1.807) is 16.8 Å². The summed E-state index contributed by atoms with van der Waals surface area (Å²) in [6.07, 6.45) is 2.11. The van der Waals surface area contributed by atoms with Crippen LogP contribution in [0.25, 0.3) is 17.1 Å². The number of nitriles is 1. The Morgan fingerprint density at radius 2 is 1.90 bits per heavy atom. The van der Waals surface area contributed by atoms with Crippen molar-refractivity contribution in [2.45, 2.75) is 27.2 Å². The van der Waals surface area contributed by atoms with E-state index in [-0.39, 0.29) is 0 Å². The highest BCUT2D eigenvalue weighted by Crippen LogP contribution is 2.25. The van der Waals surface area contributed by atoms with E-state index in [4.69, 9.17) is 16.9 Å². The van der Waals surface area contributed by atoms with Crippen LogP contribution in [0, 0.1) is 32.1 Å². The number of nitrogens with zero attached hydrogens (tertiary/aromatic N) is 6. The van der Waals surface area contributed by atoms with E-state index in [2.05, 4.69) is 31.3 Å². The predicted molar refractivity (Wildman–Crippen MR) is 110 cm³/mol. The van der Waals surface area contributed by atoms with Gasteiger partial charge in [0.25, 0.3) is 0 Å². The third kappa shape index (κ3) is 3.50. The van der Waals surface area contributed by atoms with Gasteiger partial charge in [0.1, 0.15) is 6.33 Å². The highest BCUT2D eigenvalue weighted by Gasteiger charge is 2.15. The fourth-order valence-corrected chi connectivity index (χ4v) is 3.33. The van der Waals surface area contributed by atoms with Crippen LogP contribution in [0.2, 0.25) is 5.02 Å². The number of benzene rings is 1. The molecule has 0 radical (unpaired) electrons. The van der Waals surface area contributed by atoms with Crippen molar-refractivity contribution in [1.82, 2.24) is 29.9 Å². The second kappa shape index (κ2) is 7.49. The second-order valence-corrected chi connectivity index (χ2v) is 7.18. The molecule has 0 atom stereocenters. The molecular weight excluding hydrogens is 386 g/mol. The monoisotopic (exact) mass is 403 g/mol. The fraction of sp³-hybridized carbons (Fsp3) is 0.190. The van der Waals surface area contributed by atoms with Gasteiger partial charge in [0.05, 0.1) is 39.4 Å². The fourth-order valence-electron chi connectivity index (χ4n) is 3.22. The summed E-state index contributed by atoms with van der Waals surface area (Å²) in [7, 11) is 0. The van der Waals surface area contributed by atoms with E-state index in [1.807, 2.05) is 39.0 Å². The van der Waals surface area contributed by atoms with Crippen molar-refractivity contribution >= 4 is 11.6 Å². The molecule has 0 saturated carbocycles. The lowest BCUT2D eigenvalue weighted by Gasteiger charge is -2.06. The van der Waals surface area contributed by atoms with E-state index in [0.29, 0.717) is 22.8 Å². The van der Waals surface area contributed by atoms with Gasteiger partial charge in [-0.15, -0.1) is 0 Å². The SMILES string of the molecule is Cc1nn(-c2cc(Cc3[nH]nc(-c4ccc(C#N)cc4)c3C)ncn2)c(C)c1Cl. The number of hydrogen-bond acceptors (Lipinski definition) is 5. The molecule has 144 valence electrons.